The van der Waals surface area contributed by atoms with Gasteiger partial charge in [-0.2, -0.15) is 0 Å². The van der Waals surface area contributed by atoms with Gasteiger partial charge in [-0.1, -0.05) is 18.2 Å². The summed E-state index contributed by atoms with van der Waals surface area (Å²) in [6, 6.07) is 12.9. The van der Waals surface area contributed by atoms with Crippen LogP contribution in [-0.2, 0) is 16.0 Å². The van der Waals surface area contributed by atoms with Crippen LogP contribution in [0.3, 0.4) is 0 Å². The third-order valence-electron chi connectivity index (χ3n) is 4.39. The summed E-state index contributed by atoms with van der Waals surface area (Å²) in [4.78, 5) is 23.6. The maximum absolute atomic E-state index is 12.2. The number of hydrogen-bond donors (Lipinski definition) is 2. The van der Waals surface area contributed by atoms with Crippen molar-refractivity contribution < 1.29 is 23.8 Å². The van der Waals surface area contributed by atoms with E-state index in [-0.39, 0.29) is 31.1 Å². The van der Waals surface area contributed by atoms with Gasteiger partial charge in [0, 0.05) is 18.2 Å². The Morgan fingerprint density at radius 1 is 1.11 bits per heavy atom. The second-order valence-electron chi connectivity index (χ2n) is 6.31. The fourth-order valence-electron chi connectivity index (χ4n) is 2.99. The molecule has 2 aromatic carbocycles. The molecule has 148 valence electrons. The molecule has 0 aromatic heterocycles. The minimum atomic E-state index is -0.336. The van der Waals surface area contributed by atoms with Gasteiger partial charge in [0.2, 0.25) is 0 Å². The predicted molar refractivity (Wildman–Crippen MR) is 105 cm³/mol. The molecule has 0 radical (unpaired) electrons. The highest BCUT2D eigenvalue weighted by Crippen LogP contribution is 2.27. The molecule has 1 amide bonds. The van der Waals surface area contributed by atoms with Crippen LogP contribution in [0.1, 0.15) is 29.3 Å². The van der Waals surface area contributed by atoms with Crippen molar-refractivity contribution in [2.75, 3.05) is 25.6 Å². The van der Waals surface area contributed by atoms with Crippen LogP contribution in [0.25, 0.3) is 0 Å². The van der Waals surface area contributed by atoms with Gasteiger partial charge in [0.05, 0.1) is 19.3 Å². The molecule has 0 fully saturated rings. The smallest absolute Gasteiger partial charge is 0.305 e. The maximum atomic E-state index is 12.2. The van der Waals surface area contributed by atoms with Gasteiger partial charge >= 0.3 is 5.97 Å². The molecule has 0 aliphatic carbocycles. The van der Waals surface area contributed by atoms with Crippen molar-refractivity contribution in [1.29, 1.82) is 0 Å². The van der Waals surface area contributed by atoms with Crippen molar-refractivity contribution >= 4 is 17.6 Å². The monoisotopic (exact) mass is 384 g/mol. The highest BCUT2D eigenvalue weighted by molar-refractivity contribution is 6.01. The van der Waals surface area contributed by atoms with E-state index in [0.717, 1.165) is 11.3 Å². The van der Waals surface area contributed by atoms with Gasteiger partial charge in [0.15, 0.2) is 0 Å². The number of carbonyl (C=O) groups excluding carboxylic acids is 2. The standard InChI is InChI=1S/C21H24N2O5/c1-3-27-18-12-15(10-8-14(18)9-11-20(24)26-2)28-13-19-22-17-7-5-4-6-16(17)21(25)23-19/h4-8,10,12,19,22H,3,9,11,13H2,1-2H3,(H,23,25). The second kappa shape index (κ2) is 9.12. The van der Waals surface area contributed by atoms with Gasteiger partial charge < -0.3 is 24.8 Å². The summed E-state index contributed by atoms with van der Waals surface area (Å²) in [5.74, 6) is 0.911. The van der Waals surface area contributed by atoms with Crippen LogP contribution in [0.2, 0.25) is 0 Å². The van der Waals surface area contributed by atoms with Crippen molar-refractivity contribution in [3.8, 4) is 11.5 Å². The topological polar surface area (TPSA) is 85.9 Å². The molecule has 1 atom stereocenters. The number of esters is 1. The van der Waals surface area contributed by atoms with Crippen LogP contribution in [-0.4, -0.2) is 38.4 Å². The van der Waals surface area contributed by atoms with Crippen molar-refractivity contribution in [1.82, 2.24) is 5.32 Å². The number of anilines is 1. The average molecular weight is 384 g/mol. The number of rotatable bonds is 8. The lowest BCUT2D eigenvalue weighted by Gasteiger charge is -2.27. The molecule has 2 aromatic rings. The van der Waals surface area contributed by atoms with Crippen molar-refractivity contribution in [3.63, 3.8) is 0 Å². The van der Waals surface area contributed by atoms with E-state index in [9.17, 15) is 9.59 Å². The number of methoxy groups -OCH3 is 1. The molecule has 7 heteroatoms. The van der Waals surface area contributed by atoms with Crippen LogP contribution in [0, 0.1) is 0 Å². The van der Waals surface area contributed by atoms with E-state index < -0.39 is 0 Å². The molecule has 2 N–H and O–H groups in total. The molecule has 3 rings (SSSR count). The minimum absolute atomic E-state index is 0.129. The largest absolute Gasteiger partial charge is 0.493 e. The second-order valence-corrected chi connectivity index (χ2v) is 6.31. The van der Waals surface area contributed by atoms with Crippen molar-refractivity contribution in [2.24, 2.45) is 0 Å². The van der Waals surface area contributed by atoms with E-state index in [1.807, 2.05) is 37.3 Å². The molecule has 0 saturated carbocycles. The lowest BCUT2D eigenvalue weighted by atomic mass is 10.1. The predicted octanol–water partition coefficient (Wildman–Crippen LogP) is 2.75. The lowest BCUT2D eigenvalue weighted by Crippen LogP contribution is -2.48. The third kappa shape index (κ3) is 4.73. The molecule has 28 heavy (non-hydrogen) atoms. The first-order valence-electron chi connectivity index (χ1n) is 9.22. The highest BCUT2D eigenvalue weighted by Gasteiger charge is 2.23. The van der Waals surface area contributed by atoms with Gasteiger partial charge in [-0.25, -0.2) is 0 Å². The summed E-state index contributed by atoms with van der Waals surface area (Å²) in [5, 5.41) is 6.12. The summed E-state index contributed by atoms with van der Waals surface area (Å²) in [7, 11) is 1.37. The SMILES string of the molecule is CCOc1cc(OCC2NC(=O)c3ccccc3N2)ccc1CCC(=O)OC. The minimum Gasteiger partial charge on any atom is -0.493 e. The zero-order valence-corrected chi connectivity index (χ0v) is 16.0. The first kappa shape index (κ1) is 19.5. The Labute approximate surface area is 164 Å². The molecule has 0 saturated heterocycles. The molecule has 1 unspecified atom stereocenters. The third-order valence-corrected chi connectivity index (χ3v) is 4.39. The number of aryl methyl sites for hydroxylation is 1. The van der Waals surface area contributed by atoms with E-state index in [1.54, 1.807) is 12.1 Å². The van der Waals surface area contributed by atoms with E-state index >= 15 is 0 Å². The number of fused-ring (bicyclic) bond motifs is 1. The van der Waals surface area contributed by atoms with Crippen LogP contribution in [0.4, 0.5) is 5.69 Å². The van der Waals surface area contributed by atoms with Crippen molar-refractivity contribution in [2.45, 2.75) is 25.9 Å². The van der Waals surface area contributed by atoms with Gasteiger partial charge in [-0.3, -0.25) is 9.59 Å². The average Bonchev–Trinajstić information content (AvgIpc) is 2.71. The zero-order valence-electron chi connectivity index (χ0n) is 16.0. The number of ether oxygens (including phenoxy) is 3. The Kier molecular flexibility index (Phi) is 6.37. The molecule has 7 nitrogen and oxygen atoms in total. The summed E-state index contributed by atoms with van der Waals surface area (Å²) in [6.07, 6.45) is 0.477. The molecular formula is C21H24N2O5. The van der Waals surface area contributed by atoms with Gasteiger partial charge in [-0.05, 0) is 37.1 Å². The number of para-hydroxylation sites is 1. The molecule has 0 spiro atoms. The quantitative estimate of drug-likeness (QED) is 0.681. The number of hydrogen-bond acceptors (Lipinski definition) is 6. The molecule has 1 heterocycles. The zero-order chi connectivity index (χ0) is 19.9. The first-order chi connectivity index (χ1) is 13.6. The number of benzene rings is 2. The number of amides is 1. The molecule has 1 aliphatic rings. The summed E-state index contributed by atoms with van der Waals surface area (Å²) < 4.78 is 16.2. The van der Waals surface area contributed by atoms with E-state index in [2.05, 4.69) is 15.4 Å². The van der Waals surface area contributed by atoms with Crippen molar-refractivity contribution in [3.05, 3.63) is 53.6 Å². The summed E-state index contributed by atoms with van der Waals surface area (Å²) >= 11 is 0. The normalized spacial score (nSPS) is 15.1. The Morgan fingerprint density at radius 2 is 1.93 bits per heavy atom. The Bertz CT molecular complexity index is 852. The fraction of sp³-hybridized carbons (Fsp3) is 0.333. The van der Waals surface area contributed by atoms with Crippen LogP contribution < -0.4 is 20.1 Å². The van der Waals surface area contributed by atoms with E-state index in [1.165, 1.54) is 7.11 Å². The number of carbonyl (C=O) groups is 2. The number of nitrogens with one attached hydrogen (secondary N) is 2. The molecule has 1 aliphatic heterocycles. The van der Waals surface area contributed by atoms with E-state index in [4.69, 9.17) is 9.47 Å². The lowest BCUT2D eigenvalue weighted by molar-refractivity contribution is -0.140. The Hall–Kier alpha value is -3.22. The molecule has 0 bridgehead atoms. The van der Waals surface area contributed by atoms with Crippen LogP contribution in [0.5, 0.6) is 11.5 Å². The maximum Gasteiger partial charge on any atom is 0.305 e. The summed E-state index contributed by atoms with van der Waals surface area (Å²) in [6.45, 7) is 2.66. The van der Waals surface area contributed by atoms with Gasteiger partial charge in [0.25, 0.3) is 5.91 Å². The van der Waals surface area contributed by atoms with E-state index in [0.29, 0.717) is 30.1 Å². The van der Waals surface area contributed by atoms with Gasteiger partial charge in [-0.15, -0.1) is 0 Å². The Balaban J connectivity index is 1.63. The highest BCUT2D eigenvalue weighted by atomic mass is 16.5. The fourth-order valence-corrected chi connectivity index (χ4v) is 2.99. The van der Waals surface area contributed by atoms with Crippen LogP contribution in [0.15, 0.2) is 42.5 Å². The van der Waals surface area contributed by atoms with Gasteiger partial charge in [0.1, 0.15) is 24.3 Å². The first-order valence-corrected chi connectivity index (χ1v) is 9.22. The Morgan fingerprint density at radius 3 is 2.71 bits per heavy atom. The summed E-state index contributed by atoms with van der Waals surface area (Å²) in [5.41, 5.74) is 2.32. The molecular weight excluding hydrogens is 360 g/mol. The van der Waals surface area contributed by atoms with Crippen LogP contribution >= 0.6 is 0 Å².